The molecule has 3 heteroatoms. The van der Waals surface area contributed by atoms with Gasteiger partial charge in [-0.2, -0.15) is 0 Å². The van der Waals surface area contributed by atoms with E-state index in [4.69, 9.17) is 0 Å². The Labute approximate surface area is 116 Å². The molecule has 1 N–H and O–H groups in total. The lowest BCUT2D eigenvalue weighted by Gasteiger charge is -2.33. The smallest absolute Gasteiger partial charge is 0.246 e. The molecule has 19 heavy (non-hydrogen) atoms. The van der Waals surface area contributed by atoms with Crippen LogP contribution in [0.5, 0.6) is 0 Å². The fourth-order valence-electron chi connectivity index (χ4n) is 3.16. The number of hydrogen-bond acceptors (Lipinski definition) is 2. The van der Waals surface area contributed by atoms with Crippen molar-refractivity contribution < 1.29 is 4.79 Å². The Kier molecular flexibility index (Phi) is 4.46. The molecule has 2 aliphatic rings. The molecule has 2 rings (SSSR count). The maximum Gasteiger partial charge on any atom is 0.246 e. The maximum absolute atomic E-state index is 12.1. The molecule has 0 unspecified atom stereocenters. The van der Waals surface area contributed by atoms with Crippen molar-refractivity contribution in [1.29, 1.82) is 0 Å². The van der Waals surface area contributed by atoms with Gasteiger partial charge in [0.05, 0.1) is 0 Å². The summed E-state index contributed by atoms with van der Waals surface area (Å²) >= 11 is 0. The fourth-order valence-corrected chi connectivity index (χ4v) is 3.16. The summed E-state index contributed by atoms with van der Waals surface area (Å²) in [4.78, 5) is 14.1. The number of piperazine rings is 1. The molecular formula is C16H26N2O. The van der Waals surface area contributed by atoms with Crippen molar-refractivity contribution in [3.05, 3.63) is 23.3 Å². The molecule has 1 heterocycles. The van der Waals surface area contributed by atoms with Gasteiger partial charge in [0.2, 0.25) is 5.91 Å². The first kappa shape index (κ1) is 14.3. The molecule has 3 nitrogen and oxygen atoms in total. The van der Waals surface area contributed by atoms with E-state index in [0.717, 1.165) is 26.2 Å². The number of hydrogen-bond donors (Lipinski definition) is 1. The summed E-state index contributed by atoms with van der Waals surface area (Å²) in [5, 5.41) is 3.27. The van der Waals surface area contributed by atoms with Crippen molar-refractivity contribution in [3.63, 3.8) is 0 Å². The highest BCUT2D eigenvalue weighted by molar-refractivity contribution is 5.88. The molecule has 1 fully saturated rings. The summed E-state index contributed by atoms with van der Waals surface area (Å²) < 4.78 is 0. The molecule has 0 aromatic carbocycles. The molecule has 0 aromatic rings. The van der Waals surface area contributed by atoms with Gasteiger partial charge in [-0.1, -0.05) is 25.5 Å². The Bertz CT molecular complexity index is 401. The first-order valence-electron chi connectivity index (χ1n) is 7.39. The van der Waals surface area contributed by atoms with E-state index < -0.39 is 0 Å². The van der Waals surface area contributed by atoms with Crippen LogP contribution < -0.4 is 5.32 Å². The minimum atomic E-state index is 0.156. The van der Waals surface area contributed by atoms with Gasteiger partial charge in [0, 0.05) is 32.3 Å². The van der Waals surface area contributed by atoms with Gasteiger partial charge in [-0.3, -0.25) is 4.79 Å². The first-order chi connectivity index (χ1) is 9.00. The average molecular weight is 262 g/mol. The summed E-state index contributed by atoms with van der Waals surface area (Å²) in [6.07, 6.45) is 7.49. The van der Waals surface area contributed by atoms with E-state index in [1.165, 1.54) is 30.4 Å². The second-order valence-corrected chi connectivity index (χ2v) is 6.34. The zero-order valence-electron chi connectivity index (χ0n) is 12.5. The minimum Gasteiger partial charge on any atom is -0.337 e. The standard InChI is InChI=1S/C16H26N2O/c1-13-5-4-8-16(2,3)14(13)6-7-15(19)18-11-9-17-10-12-18/h6-7,17H,4-5,8-12H2,1-3H3. The third-order valence-electron chi connectivity index (χ3n) is 4.36. The Morgan fingerprint density at radius 1 is 1.32 bits per heavy atom. The van der Waals surface area contributed by atoms with Crippen LogP contribution in [-0.2, 0) is 4.79 Å². The van der Waals surface area contributed by atoms with E-state index in [9.17, 15) is 4.79 Å². The van der Waals surface area contributed by atoms with Crippen molar-refractivity contribution in [2.24, 2.45) is 5.41 Å². The summed E-state index contributed by atoms with van der Waals surface area (Å²) in [6.45, 7) is 10.2. The van der Waals surface area contributed by atoms with E-state index in [1.807, 2.05) is 4.90 Å². The Morgan fingerprint density at radius 3 is 2.63 bits per heavy atom. The molecule has 0 radical (unpaired) electrons. The predicted octanol–water partition coefficient (Wildman–Crippen LogP) is 2.50. The normalized spacial score (nSPS) is 24.1. The molecule has 1 saturated heterocycles. The van der Waals surface area contributed by atoms with E-state index in [-0.39, 0.29) is 11.3 Å². The highest BCUT2D eigenvalue weighted by Gasteiger charge is 2.26. The molecular weight excluding hydrogens is 236 g/mol. The van der Waals surface area contributed by atoms with Gasteiger partial charge in [0.25, 0.3) is 0 Å². The van der Waals surface area contributed by atoms with Gasteiger partial charge in [-0.05, 0) is 37.2 Å². The molecule has 1 amide bonds. The molecule has 1 aliphatic carbocycles. The quantitative estimate of drug-likeness (QED) is 0.776. The van der Waals surface area contributed by atoms with Gasteiger partial charge in [0.15, 0.2) is 0 Å². The van der Waals surface area contributed by atoms with Crippen molar-refractivity contribution >= 4 is 5.91 Å². The molecule has 0 aromatic heterocycles. The largest absolute Gasteiger partial charge is 0.337 e. The van der Waals surface area contributed by atoms with Crippen molar-refractivity contribution in [1.82, 2.24) is 10.2 Å². The van der Waals surface area contributed by atoms with Crippen LogP contribution in [-0.4, -0.2) is 37.0 Å². The summed E-state index contributed by atoms with van der Waals surface area (Å²) in [5.74, 6) is 0.156. The first-order valence-corrected chi connectivity index (χ1v) is 7.39. The van der Waals surface area contributed by atoms with Gasteiger partial charge < -0.3 is 10.2 Å². The number of carbonyl (C=O) groups is 1. The lowest BCUT2D eigenvalue weighted by atomic mass is 9.72. The zero-order valence-corrected chi connectivity index (χ0v) is 12.5. The number of allylic oxidation sites excluding steroid dienone is 3. The summed E-state index contributed by atoms with van der Waals surface area (Å²) in [6, 6.07) is 0. The van der Waals surface area contributed by atoms with Gasteiger partial charge in [-0.25, -0.2) is 0 Å². The second kappa shape index (κ2) is 5.91. The minimum absolute atomic E-state index is 0.156. The van der Waals surface area contributed by atoms with Crippen molar-refractivity contribution in [2.75, 3.05) is 26.2 Å². The number of amides is 1. The number of nitrogens with one attached hydrogen (secondary N) is 1. The summed E-state index contributed by atoms with van der Waals surface area (Å²) in [5.41, 5.74) is 3.02. The topological polar surface area (TPSA) is 32.3 Å². The van der Waals surface area contributed by atoms with Crippen LogP contribution in [0.15, 0.2) is 23.3 Å². The van der Waals surface area contributed by atoms with Crippen LogP contribution in [0.3, 0.4) is 0 Å². The molecule has 0 bridgehead atoms. The van der Waals surface area contributed by atoms with Crippen molar-refractivity contribution in [3.8, 4) is 0 Å². The number of rotatable bonds is 2. The van der Waals surface area contributed by atoms with Crippen LogP contribution in [0.2, 0.25) is 0 Å². The molecule has 0 saturated carbocycles. The van der Waals surface area contributed by atoms with E-state index in [2.05, 4.69) is 32.2 Å². The molecule has 0 atom stereocenters. The molecule has 106 valence electrons. The highest BCUT2D eigenvalue weighted by atomic mass is 16.2. The lowest BCUT2D eigenvalue weighted by Crippen LogP contribution is -2.45. The monoisotopic (exact) mass is 262 g/mol. The van der Waals surface area contributed by atoms with Crippen LogP contribution >= 0.6 is 0 Å². The van der Waals surface area contributed by atoms with Crippen LogP contribution in [0.1, 0.15) is 40.0 Å². The van der Waals surface area contributed by atoms with Crippen LogP contribution in [0, 0.1) is 5.41 Å². The van der Waals surface area contributed by atoms with Crippen LogP contribution in [0.4, 0.5) is 0 Å². The predicted molar refractivity (Wildman–Crippen MR) is 78.9 cm³/mol. The molecule has 1 aliphatic heterocycles. The highest BCUT2D eigenvalue weighted by Crippen LogP contribution is 2.40. The Morgan fingerprint density at radius 2 is 2.00 bits per heavy atom. The van der Waals surface area contributed by atoms with Gasteiger partial charge in [-0.15, -0.1) is 0 Å². The Hall–Kier alpha value is -1.09. The Balaban J connectivity index is 2.06. The van der Waals surface area contributed by atoms with E-state index in [1.54, 1.807) is 6.08 Å². The lowest BCUT2D eigenvalue weighted by molar-refractivity contribution is -0.126. The SMILES string of the molecule is CC1=C(C=CC(=O)N2CCNCC2)C(C)(C)CCC1. The number of carbonyl (C=O) groups excluding carboxylic acids is 1. The maximum atomic E-state index is 12.1. The summed E-state index contributed by atoms with van der Waals surface area (Å²) in [7, 11) is 0. The third kappa shape index (κ3) is 3.47. The van der Waals surface area contributed by atoms with Crippen LogP contribution in [0.25, 0.3) is 0 Å². The molecule has 0 spiro atoms. The average Bonchev–Trinajstić information content (AvgIpc) is 2.38. The van der Waals surface area contributed by atoms with E-state index >= 15 is 0 Å². The van der Waals surface area contributed by atoms with Gasteiger partial charge >= 0.3 is 0 Å². The van der Waals surface area contributed by atoms with Crippen molar-refractivity contribution in [2.45, 2.75) is 40.0 Å². The van der Waals surface area contributed by atoms with E-state index in [0.29, 0.717) is 0 Å². The second-order valence-electron chi connectivity index (χ2n) is 6.34. The zero-order chi connectivity index (χ0) is 13.9. The third-order valence-corrected chi connectivity index (χ3v) is 4.36. The van der Waals surface area contributed by atoms with Gasteiger partial charge in [0.1, 0.15) is 0 Å². The fraction of sp³-hybridized carbons (Fsp3) is 0.688. The number of nitrogens with zero attached hydrogens (tertiary/aromatic N) is 1.